The second kappa shape index (κ2) is 16.5. The molecule has 0 aromatic carbocycles. The van der Waals surface area contributed by atoms with Gasteiger partial charge in [0, 0.05) is 5.41 Å². The monoisotopic (exact) mass is 483 g/mol. The van der Waals surface area contributed by atoms with Gasteiger partial charge in [-0.3, -0.25) is 9.69 Å². The minimum atomic E-state index is -1.47. The van der Waals surface area contributed by atoms with Gasteiger partial charge in [-0.2, -0.15) is 0 Å². The van der Waals surface area contributed by atoms with Gasteiger partial charge < -0.3 is 14.6 Å². The Morgan fingerprint density at radius 1 is 0.971 bits per heavy atom. The van der Waals surface area contributed by atoms with Crippen LogP contribution < -0.4 is 0 Å². The summed E-state index contributed by atoms with van der Waals surface area (Å²) in [6.45, 7) is 8.06. The van der Waals surface area contributed by atoms with Crippen LogP contribution in [0.1, 0.15) is 130 Å². The van der Waals surface area contributed by atoms with Gasteiger partial charge in [0.25, 0.3) is 0 Å². The van der Waals surface area contributed by atoms with Crippen molar-refractivity contribution in [1.29, 1.82) is 0 Å². The molecule has 0 saturated carbocycles. The third-order valence-corrected chi connectivity index (χ3v) is 7.20. The van der Waals surface area contributed by atoms with Gasteiger partial charge in [0.1, 0.15) is 6.23 Å². The maximum atomic E-state index is 12.7. The smallest absolute Gasteiger partial charge is 0.337 e. The average Bonchev–Trinajstić information content (AvgIpc) is 3.22. The number of esters is 1. The van der Waals surface area contributed by atoms with Crippen molar-refractivity contribution in [3.8, 4) is 0 Å². The average molecular weight is 484 g/mol. The van der Waals surface area contributed by atoms with Gasteiger partial charge in [-0.25, -0.2) is 4.79 Å². The predicted octanol–water partition coefficient (Wildman–Crippen LogP) is 6.38. The van der Waals surface area contributed by atoms with Gasteiger partial charge in [-0.05, 0) is 6.42 Å². The molecule has 1 saturated heterocycles. The van der Waals surface area contributed by atoms with Crippen molar-refractivity contribution in [3.63, 3.8) is 0 Å². The Hall–Kier alpha value is -1.14. The number of hydrogen-bond acceptors (Lipinski definition) is 5. The largest absolute Gasteiger partial charge is 0.467 e. The quantitative estimate of drug-likeness (QED) is 0.131. The molecule has 0 aliphatic carbocycles. The van der Waals surface area contributed by atoms with Crippen LogP contribution in [0.25, 0.3) is 0 Å². The van der Waals surface area contributed by atoms with E-state index in [0.717, 1.165) is 19.3 Å². The molecule has 0 spiro atoms. The number of hydrogen-bond donors (Lipinski definition) is 1. The Kier molecular flexibility index (Phi) is 15.0. The number of unbranched alkanes of at least 4 members (excludes halogenated alkanes) is 14. The van der Waals surface area contributed by atoms with Gasteiger partial charge in [0.15, 0.2) is 5.54 Å². The highest BCUT2D eigenvalue weighted by molar-refractivity contribution is 5.85. The van der Waals surface area contributed by atoms with Crippen molar-refractivity contribution in [2.45, 2.75) is 148 Å². The Morgan fingerprint density at radius 3 is 1.79 bits per heavy atom. The molecule has 0 aromatic heterocycles. The molecule has 3 atom stereocenters. The van der Waals surface area contributed by atoms with Gasteiger partial charge >= 0.3 is 5.97 Å². The molecule has 0 radical (unpaired) electrons. The van der Waals surface area contributed by atoms with Crippen LogP contribution in [0, 0.1) is 5.41 Å². The number of methoxy groups -OCH3 is 1. The third kappa shape index (κ3) is 9.49. The molecule has 0 bridgehead atoms. The lowest BCUT2D eigenvalue weighted by molar-refractivity contribution is -0.167. The highest BCUT2D eigenvalue weighted by atomic mass is 16.6. The van der Waals surface area contributed by atoms with Crippen molar-refractivity contribution in [2.24, 2.45) is 5.41 Å². The SMILES string of the molecule is CCCCCCCCCCCCCCCCC[C@H](O)[C@]1(C(=O)OC)CO[C@@H](C(C)(C)C)N1C=O. The van der Waals surface area contributed by atoms with E-state index in [1.165, 1.54) is 89.1 Å². The lowest BCUT2D eigenvalue weighted by Crippen LogP contribution is -2.63. The van der Waals surface area contributed by atoms with Crippen LogP contribution in [0.4, 0.5) is 0 Å². The van der Waals surface area contributed by atoms with E-state index in [2.05, 4.69) is 6.92 Å². The second-order valence-electron chi connectivity index (χ2n) is 11.2. The molecular formula is C28H53NO5. The molecule has 6 heteroatoms. The van der Waals surface area contributed by atoms with Crippen molar-refractivity contribution in [2.75, 3.05) is 13.7 Å². The summed E-state index contributed by atoms with van der Waals surface area (Å²) >= 11 is 0. The molecule has 1 fully saturated rings. The first-order chi connectivity index (χ1) is 16.3. The molecule has 6 nitrogen and oxygen atoms in total. The summed E-state index contributed by atoms with van der Waals surface area (Å²) in [5, 5.41) is 11.0. The maximum Gasteiger partial charge on any atom is 0.337 e. The molecule has 0 aromatic rings. The molecular weight excluding hydrogens is 430 g/mol. The van der Waals surface area contributed by atoms with Crippen LogP contribution in [0.2, 0.25) is 0 Å². The van der Waals surface area contributed by atoms with Gasteiger partial charge in [-0.1, -0.05) is 124 Å². The molecule has 1 N–H and O–H groups in total. The van der Waals surface area contributed by atoms with E-state index >= 15 is 0 Å². The Labute approximate surface area is 209 Å². The summed E-state index contributed by atoms with van der Waals surface area (Å²) in [6.07, 6.45) is 18.6. The van der Waals surface area contributed by atoms with Crippen LogP contribution in [0.5, 0.6) is 0 Å². The number of ether oxygens (including phenoxy) is 2. The molecule has 200 valence electrons. The van der Waals surface area contributed by atoms with E-state index in [1.54, 1.807) is 0 Å². The number of nitrogens with zero attached hydrogens (tertiary/aromatic N) is 1. The second-order valence-corrected chi connectivity index (χ2v) is 11.2. The first kappa shape index (κ1) is 30.9. The molecule has 1 heterocycles. The topological polar surface area (TPSA) is 76.1 Å². The van der Waals surface area contributed by atoms with E-state index in [0.29, 0.717) is 12.8 Å². The molecule has 1 rings (SSSR count). The number of aliphatic hydroxyl groups excluding tert-OH is 1. The number of aliphatic hydroxyl groups is 1. The molecule has 1 aliphatic rings. The van der Waals surface area contributed by atoms with Crippen molar-refractivity contribution in [1.82, 2.24) is 4.90 Å². The van der Waals surface area contributed by atoms with Crippen molar-refractivity contribution >= 4 is 12.4 Å². The van der Waals surface area contributed by atoms with Crippen LogP contribution in [0.3, 0.4) is 0 Å². The minimum Gasteiger partial charge on any atom is -0.467 e. The first-order valence-corrected chi connectivity index (χ1v) is 13.9. The summed E-state index contributed by atoms with van der Waals surface area (Å²) < 4.78 is 10.8. The summed E-state index contributed by atoms with van der Waals surface area (Å²) in [7, 11) is 1.29. The van der Waals surface area contributed by atoms with Gasteiger partial charge in [0.2, 0.25) is 6.41 Å². The van der Waals surface area contributed by atoms with E-state index in [1.807, 2.05) is 20.8 Å². The summed E-state index contributed by atoms with van der Waals surface area (Å²) in [6, 6.07) is 0. The Bertz CT molecular complexity index is 561. The van der Waals surface area contributed by atoms with E-state index in [-0.39, 0.29) is 12.0 Å². The number of rotatable bonds is 19. The number of carbonyl (C=O) groups excluding carboxylic acids is 2. The first-order valence-electron chi connectivity index (χ1n) is 13.9. The number of amides is 1. The fourth-order valence-corrected chi connectivity index (χ4v) is 5.08. The normalized spacial score (nSPS) is 21.6. The minimum absolute atomic E-state index is 0.0414. The summed E-state index contributed by atoms with van der Waals surface area (Å²) in [4.78, 5) is 26.0. The highest BCUT2D eigenvalue weighted by Gasteiger charge is 2.60. The van der Waals surface area contributed by atoms with E-state index < -0.39 is 23.8 Å². The van der Waals surface area contributed by atoms with Crippen LogP contribution in [-0.4, -0.2) is 54.0 Å². The zero-order valence-electron chi connectivity index (χ0n) is 22.8. The summed E-state index contributed by atoms with van der Waals surface area (Å²) in [5.74, 6) is -0.611. The Balaban J connectivity index is 2.26. The van der Waals surface area contributed by atoms with Gasteiger partial charge in [0.05, 0.1) is 19.8 Å². The number of carbonyl (C=O) groups is 2. The fourth-order valence-electron chi connectivity index (χ4n) is 5.08. The zero-order chi connectivity index (χ0) is 25.5. The zero-order valence-corrected chi connectivity index (χ0v) is 22.8. The van der Waals surface area contributed by atoms with Crippen molar-refractivity contribution in [3.05, 3.63) is 0 Å². The highest BCUT2D eigenvalue weighted by Crippen LogP contribution is 2.39. The van der Waals surface area contributed by atoms with Gasteiger partial charge in [-0.15, -0.1) is 0 Å². The molecule has 0 unspecified atom stereocenters. The lowest BCUT2D eigenvalue weighted by atomic mass is 9.86. The lowest BCUT2D eigenvalue weighted by Gasteiger charge is -2.40. The molecule has 34 heavy (non-hydrogen) atoms. The van der Waals surface area contributed by atoms with Crippen LogP contribution in [0.15, 0.2) is 0 Å². The van der Waals surface area contributed by atoms with E-state index in [9.17, 15) is 14.7 Å². The third-order valence-electron chi connectivity index (χ3n) is 7.20. The van der Waals surface area contributed by atoms with E-state index in [4.69, 9.17) is 9.47 Å². The van der Waals surface area contributed by atoms with Crippen molar-refractivity contribution < 1.29 is 24.2 Å². The van der Waals surface area contributed by atoms with Crippen LogP contribution in [-0.2, 0) is 19.1 Å². The standard InChI is InChI=1S/C28H53NO5/c1-6-7-8-9-10-11-12-13-14-15-16-17-18-19-20-21-24(31)28(26(32)33-5)22-34-25(27(2,3)4)29(28)23-30/h23-25,31H,6-22H2,1-5H3/t24-,25-,28-/m0/s1. The van der Waals surface area contributed by atoms with Crippen LogP contribution >= 0.6 is 0 Å². The molecule has 1 amide bonds. The fraction of sp³-hybridized carbons (Fsp3) is 0.929. The Morgan fingerprint density at radius 2 is 1.41 bits per heavy atom. The maximum absolute atomic E-state index is 12.7. The predicted molar refractivity (Wildman–Crippen MR) is 137 cm³/mol. The molecule has 1 aliphatic heterocycles. The summed E-state index contributed by atoms with van der Waals surface area (Å²) in [5.41, 5.74) is -1.85.